The summed E-state index contributed by atoms with van der Waals surface area (Å²) in [5.41, 5.74) is -1.41. The van der Waals surface area contributed by atoms with E-state index >= 15 is 0 Å². The molecule has 9 heteroatoms. The molecule has 0 unspecified atom stereocenters. The highest BCUT2D eigenvalue weighted by Crippen LogP contribution is 2.36. The number of hydrogen-bond donors (Lipinski definition) is 0. The van der Waals surface area contributed by atoms with E-state index < -0.39 is 23.5 Å². The van der Waals surface area contributed by atoms with Gasteiger partial charge in [0.15, 0.2) is 10.0 Å². The van der Waals surface area contributed by atoms with Gasteiger partial charge in [-0.3, -0.25) is 0 Å². The fourth-order valence-corrected chi connectivity index (χ4v) is 2.72. The molecule has 0 fully saturated rings. The van der Waals surface area contributed by atoms with Crippen molar-refractivity contribution in [2.45, 2.75) is 6.18 Å². The highest BCUT2D eigenvalue weighted by Gasteiger charge is 2.34. The molecule has 21 heavy (non-hydrogen) atoms. The zero-order chi connectivity index (χ0) is 15.8. The van der Waals surface area contributed by atoms with Gasteiger partial charge in [0.1, 0.15) is 10.8 Å². The second-order valence-electron chi connectivity index (χ2n) is 3.82. The van der Waals surface area contributed by atoms with Crippen LogP contribution in [0.15, 0.2) is 18.2 Å². The third kappa shape index (κ3) is 3.16. The van der Waals surface area contributed by atoms with Crippen molar-refractivity contribution in [3.05, 3.63) is 39.6 Å². The van der Waals surface area contributed by atoms with Crippen molar-refractivity contribution in [3.63, 3.8) is 0 Å². The van der Waals surface area contributed by atoms with Crippen LogP contribution in [0.1, 0.15) is 15.2 Å². The quantitative estimate of drug-likeness (QED) is 0.601. The van der Waals surface area contributed by atoms with Crippen molar-refractivity contribution in [2.24, 2.45) is 0 Å². The number of rotatable bonds is 2. The summed E-state index contributed by atoms with van der Waals surface area (Å²) in [7, 11) is 1.14. The molecule has 0 aliphatic rings. The second kappa shape index (κ2) is 5.61. The number of aromatic nitrogens is 1. The van der Waals surface area contributed by atoms with E-state index in [0.29, 0.717) is 12.1 Å². The lowest BCUT2D eigenvalue weighted by atomic mass is 10.1. The summed E-state index contributed by atoms with van der Waals surface area (Å²) in [4.78, 5) is 15.1. The topological polar surface area (TPSA) is 39.2 Å². The van der Waals surface area contributed by atoms with Crippen molar-refractivity contribution < 1.29 is 27.1 Å². The molecule has 0 radical (unpaired) electrons. The van der Waals surface area contributed by atoms with E-state index in [1.54, 1.807) is 0 Å². The minimum atomic E-state index is -4.83. The first-order valence-corrected chi connectivity index (χ1v) is 6.55. The van der Waals surface area contributed by atoms with Crippen LogP contribution >= 0.6 is 22.9 Å². The van der Waals surface area contributed by atoms with E-state index in [4.69, 9.17) is 11.6 Å². The van der Waals surface area contributed by atoms with Crippen LogP contribution in [0.4, 0.5) is 17.6 Å². The Labute approximate surface area is 125 Å². The summed E-state index contributed by atoms with van der Waals surface area (Å²) >= 11 is 6.49. The van der Waals surface area contributed by atoms with Gasteiger partial charge in [0, 0.05) is 5.56 Å². The Bertz CT molecular complexity index is 699. The Morgan fingerprint density at radius 2 is 2.05 bits per heavy atom. The molecule has 2 rings (SSSR count). The van der Waals surface area contributed by atoms with Gasteiger partial charge in [-0.05, 0) is 18.2 Å². The Hall–Kier alpha value is -1.67. The number of carbonyl (C=O) groups excluding carboxylic acids is 1. The first kappa shape index (κ1) is 15.7. The fourth-order valence-electron chi connectivity index (χ4n) is 1.52. The normalized spacial score (nSPS) is 11.5. The Balaban J connectivity index is 2.51. The number of carbonyl (C=O) groups is 1. The zero-order valence-electron chi connectivity index (χ0n) is 10.3. The smallest absolute Gasteiger partial charge is 0.419 e. The molecule has 0 bridgehead atoms. The lowest BCUT2D eigenvalue weighted by molar-refractivity contribution is -0.139. The van der Waals surface area contributed by atoms with E-state index in [1.165, 1.54) is 0 Å². The van der Waals surface area contributed by atoms with E-state index in [1.807, 2.05) is 0 Å². The van der Waals surface area contributed by atoms with Gasteiger partial charge in [0.2, 0.25) is 0 Å². The van der Waals surface area contributed by atoms with Crippen LogP contribution in [-0.2, 0) is 10.9 Å². The number of thiazole rings is 1. The second-order valence-corrected chi connectivity index (χ2v) is 5.18. The molecular weight excluding hydrogens is 334 g/mol. The number of benzene rings is 1. The van der Waals surface area contributed by atoms with Gasteiger partial charge in [0.05, 0.1) is 12.7 Å². The van der Waals surface area contributed by atoms with Crippen LogP contribution in [0.3, 0.4) is 0 Å². The third-order valence-corrected chi connectivity index (χ3v) is 3.95. The minimum Gasteiger partial charge on any atom is -0.465 e. The van der Waals surface area contributed by atoms with Crippen LogP contribution in [-0.4, -0.2) is 18.1 Å². The lowest BCUT2D eigenvalue weighted by Crippen LogP contribution is -2.08. The molecule has 1 aromatic carbocycles. The molecule has 0 atom stereocenters. The van der Waals surface area contributed by atoms with Gasteiger partial charge in [-0.15, -0.1) is 11.3 Å². The molecule has 112 valence electrons. The van der Waals surface area contributed by atoms with Gasteiger partial charge in [0.25, 0.3) is 0 Å². The van der Waals surface area contributed by atoms with Gasteiger partial charge >= 0.3 is 12.1 Å². The molecule has 2 aromatic rings. The number of halogens is 5. The van der Waals surface area contributed by atoms with Gasteiger partial charge < -0.3 is 4.74 Å². The molecule has 0 saturated carbocycles. The van der Waals surface area contributed by atoms with E-state index in [0.717, 1.165) is 24.5 Å². The Morgan fingerprint density at radius 1 is 1.38 bits per heavy atom. The zero-order valence-corrected chi connectivity index (χ0v) is 11.9. The lowest BCUT2D eigenvalue weighted by Gasteiger charge is -2.08. The number of hydrogen-bond acceptors (Lipinski definition) is 4. The van der Waals surface area contributed by atoms with Crippen LogP contribution in [0.5, 0.6) is 0 Å². The van der Waals surface area contributed by atoms with Gasteiger partial charge in [-0.1, -0.05) is 11.6 Å². The molecule has 0 saturated heterocycles. The van der Waals surface area contributed by atoms with Crippen LogP contribution in [0.2, 0.25) is 5.15 Å². The van der Waals surface area contributed by atoms with Gasteiger partial charge in [-0.25, -0.2) is 14.2 Å². The predicted octanol–water partition coefficient (Wildman–Crippen LogP) is 4.41. The predicted molar refractivity (Wildman–Crippen MR) is 68.9 cm³/mol. The highest BCUT2D eigenvalue weighted by atomic mass is 35.5. The van der Waals surface area contributed by atoms with Gasteiger partial charge in [-0.2, -0.15) is 13.2 Å². The molecule has 0 N–H and O–H groups in total. The van der Waals surface area contributed by atoms with E-state index in [2.05, 4.69) is 9.72 Å². The summed E-state index contributed by atoms with van der Waals surface area (Å²) in [6, 6.07) is 2.43. The standard InChI is InChI=1S/C12H6ClF4NO2S/c1-20-11(19)8-9(13)18-10(21-8)5-2-3-7(14)6(4-5)12(15,16)17/h2-4H,1H3. The molecular formula is C12H6ClF4NO2S. The average molecular weight is 340 g/mol. The summed E-state index contributed by atoms with van der Waals surface area (Å²) in [5, 5.41) is -0.120. The Kier molecular flexibility index (Phi) is 4.20. The number of alkyl halides is 3. The van der Waals surface area contributed by atoms with Crippen molar-refractivity contribution in [2.75, 3.05) is 7.11 Å². The number of esters is 1. The first-order chi connectivity index (χ1) is 9.74. The number of nitrogens with zero attached hydrogens (tertiary/aromatic N) is 1. The number of methoxy groups -OCH3 is 1. The maximum atomic E-state index is 13.2. The summed E-state index contributed by atoms with van der Waals surface area (Å²) in [6.45, 7) is 0. The van der Waals surface area contributed by atoms with Crippen molar-refractivity contribution >= 4 is 28.9 Å². The average Bonchev–Trinajstić information content (AvgIpc) is 2.79. The molecule has 3 nitrogen and oxygen atoms in total. The monoisotopic (exact) mass is 339 g/mol. The Morgan fingerprint density at radius 3 is 2.62 bits per heavy atom. The summed E-state index contributed by atoms with van der Waals surface area (Å²) < 4.78 is 55.6. The summed E-state index contributed by atoms with van der Waals surface area (Å²) in [5.74, 6) is -2.14. The first-order valence-electron chi connectivity index (χ1n) is 5.35. The van der Waals surface area contributed by atoms with Crippen molar-refractivity contribution in [1.29, 1.82) is 0 Å². The molecule has 0 amide bonds. The number of ether oxygens (including phenoxy) is 1. The molecule has 1 heterocycles. The largest absolute Gasteiger partial charge is 0.465 e. The van der Waals surface area contributed by atoms with Crippen molar-refractivity contribution in [3.8, 4) is 10.6 Å². The van der Waals surface area contributed by atoms with Crippen molar-refractivity contribution in [1.82, 2.24) is 4.98 Å². The summed E-state index contributed by atoms with van der Waals surface area (Å²) in [6.07, 6.45) is -4.83. The van der Waals surface area contributed by atoms with Crippen LogP contribution < -0.4 is 0 Å². The van der Waals surface area contributed by atoms with Crippen LogP contribution in [0, 0.1) is 5.82 Å². The van der Waals surface area contributed by atoms with E-state index in [-0.39, 0.29) is 20.6 Å². The SMILES string of the molecule is COC(=O)c1sc(-c2ccc(F)c(C(F)(F)F)c2)nc1Cl. The maximum Gasteiger partial charge on any atom is 0.419 e. The van der Waals surface area contributed by atoms with Crippen LogP contribution in [0.25, 0.3) is 10.6 Å². The molecule has 0 aliphatic carbocycles. The molecule has 0 aliphatic heterocycles. The fraction of sp³-hybridized carbons (Fsp3) is 0.167. The van der Waals surface area contributed by atoms with E-state index in [9.17, 15) is 22.4 Å². The molecule has 0 spiro atoms. The maximum absolute atomic E-state index is 13.2. The molecule has 1 aromatic heterocycles. The highest BCUT2D eigenvalue weighted by molar-refractivity contribution is 7.17. The third-order valence-electron chi connectivity index (χ3n) is 2.48. The minimum absolute atomic E-state index is 0.00535.